The van der Waals surface area contributed by atoms with Gasteiger partial charge < -0.3 is 42.3 Å². The summed E-state index contributed by atoms with van der Waals surface area (Å²) in [6.45, 7) is -1.25. The smallest absolute Gasteiger partial charge is 0.280 e. The van der Waals surface area contributed by atoms with Crippen molar-refractivity contribution in [1.82, 2.24) is 0 Å². The van der Waals surface area contributed by atoms with Gasteiger partial charge in [0, 0.05) is 18.4 Å². The van der Waals surface area contributed by atoms with Gasteiger partial charge in [-0.05, 0) is 18.2 Å². The molecule has 1 aromatic carbocycles. The van der Waals surface area contributed by atoms with Gasteiger partial charge in [-0.3, -0.25) is 4.79 Å². The second kappa shape index (κ2) is 11.3. The molecule has 0 aliphatic heterocycles. The summed E-state index contributed by atoms with van der Waals surface area (Å²) >= 11 is 0. The number of aliphatic hydroxyl groups is 5. The van der Waals surface area contributed by atoms with E-state index in [0.29, 0.717) is 0 Å². The number of carbonyl (C=O) groups is 1. The van der Waals surface area contributed by atoms with Gasteiger partial charge in [-0.25, -0.2) is 8.42 Å². The molecular formula is C15H25ClN4O8S. The fourth-order valence-electron chi connectivity index (χ4n) is 2.19. The Balaban J connectivity index is 0.00000784. The Hall–Kier alpha value is -2.00. The van der Waals surface area contributed by atoms with E-state index in [1.54, 1.807) is 0 Å². The maximum absolute atomic E-state index is 12.0. The van der Waals surface area contributed by atoms with Crippen LogP contribution in [0.25, 0.3) is 0 Å². The second-order valence-corrected chi connectivity index (χ2v) is 7.99. The van der Waals surface area contributed by atoms with Crippen molar-refractivity contribution in [2.75, 3.05) is 24.7 Å². The third kappa shape index (κ3) is 7.74. The van der Waals surface area contributed by atoms with Gasteiger partial charge in [-0.1, -0.05) is 0 Å². The SMILES string of the molecule is CS(=O)(=O)c1cc(C(=O)N=C(N)N)ccc1NC[C@@H](O)[C@@H](O)[C@H](O)[C@H](O)CO.Cl. The van der Waals surface area contributed by atoms with Crippen LogP contribution >= 0.6 is 12.4 Å². The lowest BCUT2D eigenvalue weighted by Crippen LogP contribution is -2.48. The number of nitrogens with one attached hydrogen (secondary N) is 1. The average Bonchev–Trinajstić information content (AvgIpc) is 2.62. The lowest BCUT2D eigenvalue weighted by atomic mass is 10.0. The molecule has 4 atom stereocenters. The Morgan fingerprint density at radius 1 is 1.14 bits per heavy atom. The highest BCUT2D eigenvalue weighted by atomic mass is 35.5. The quantitative estimate of drug-likeness (QED) is 0.136. The first-order valence-electron chi connectivity index (χ1n) is 7.93. The molecule has 1 aromatic rings. The van der Waals surface area contributed by atoms with Gasteiger partial charge in [-0.2, -0.15) is 4.99 Å². The summed E-state index contributed by atoms with van der Waals surface area (Å²) in [6.07, 6.45) is -6.03. The maximum Gasteiger partial charge on any atom is 0.280 e. The van der Waals surface area contributed by atoms with Gasteiger partial charge in [0.1, 0.15) is 18.3 Å². The minimum absolute atomic E-state index is 0. The van der Waals surface area contributed by atoms with Crippen LogP contribution in [-0.4, -0.2) is 89.6 Å². The molecule has 0 aromatic heterocycles. The average molecular weight is 457 g/mol. The predicted molar refractivity (Wildman–Crippen MR) is 107 cm³/mol. The summed E-state index contributed by atoms with van der Waals surface area (Å²) < 4.78 is 24.0. The van der Waals surface area contributed by atoms with Crippen molar-refractivity contribution < 1.29 is 38.7 Å². The zero-order valence-corrected chi connectivity index (χ0v) is 17.0. The second-order valence-electron chi connectivity index (χ2n) is 6.00. The molecule has 0 aliphatic carbocycles. The number of halogens is 1. The number of benzene rings is 1. The highest BCUT2D eigenvalue weighted by molar-refractivity contribution is 7.90. The predicted octanol–water partition coefficient (Wildman–Crippen LogP) is -3.23. The van der Waals surface area contributed by atoms with Crippen molar-refractivity contribution in [3.8, 4) is 0 Å². The minimum Gasteiger partial charge on any atom is -0.394 e. The molecule has 0 heterocycles. The Labute approximate surface area is 173 Å². The van der Waals surface area contributed by atoms with Crippen LogP contribution in [0.15, 0.2) is 28.1 Å². The van der Waals surface area contributed by atoms with E-state index in [1.165, 1.54) is 12.1 Å². The van der Waals surface area contributed by atoms with Crippen LogP contribution in [0.2, 0.25) is 0 Å². The number of amides is 1. The summed E-state index contributed by atoms with van der Waals surface area (Å²) in [5.74, 6) is -1.35. The normalized spacial score (nSPS) is 15.4. The molecule has 0 aliphatic rings. The van der Waals surface area contributed by atoms with Gasteiger partial charge in [0.2, 0.25) is 0 Å². The zero-order valence-electron chi connectivity index (χ0n) is 15.3. The molecule has 0 unspecified atom stereocenters. The van der Waals surface area contributed by atoms with E-state index in [9.17, 15) is 33.6 Å². The first-order chi connectivity index (χ1) is 12.9. The van der Waals surface area contributed by atoms with Crippen molar-refractivity contribution in [3.05, 3.63) is 23.8 Å². The van der Waals surface area contributed by atoms with Crippen molar-refractivity contribution in [2.45, 2.75) is 29.3 Å². The van der Waals surface area contributed by atoms with Crippen molar-refractivity contribution in [1.29, 1.82) is 0 Å². The van der Waals surface area contributed by atoms with Crippen molar-refractivity contribution in [3.63, 3.8) is 0 Å². The molecule has 12 nitrogen and oxygen atoms in total. The molecule has 10 N–H and O–H groups in total. The number of sulfone groups is 1. The number of nitrogens with two attached hydrogens (primary N) is 2. The number of rotatable bonds is 9. The number of aliphatic hydroxyl groups excluding tert-OH is 5. The van der Waals surface area contributed by atoms with Crippen LogP contribution in [0.1, 0.15) is 10.4 Å². The third-order valence-electron chi connectivity index (χ3n) is 3.69. The van der Waals surface area contributed by atoms with Crippen LogP contribution < -0.4 is 16.8 Å². The fraction of sp³-hybridized carbons (Fsp3) is 0.467. The summed E-state index contributed by atoms with van der Waals surface area (Å²) in [5.41, 5.74) is 10.2. The minimum atomic E-state index is -3.81. The van der Waals surface area contributed by atoms with Crippen LogP contribution in [0, 0.1) is 0 Å². The van der Waals surface area contributed by atoms with Crippen LogP contribution in [-0.2, 0) is 9.84 Å². The number of hydrogen-bond donors (Lipinski definition) is 8. The Morgan fingerprint density at radius 2 is 1.69 bits per heavy atom. The van der Waals surface area contributed by atoms with Crippen LogP contribution in [0.3, 0.4) is 0 Å². The molecule has 0 fully saturated rings. The number of guanidine groups is 1. The largest absolute Gasteiger partial charge is 0.394 e. The van der Waals surface area contributed by atoms with E-state index in [4.69, 9.17) is 16.6 Å². The van der Waals surface area contributed by atoms with E-state index < -0.39 is 59.3 Å². The lowest BCUT2D eigenvalue weighted by molar-refractivity contribution is -0.111. The zero-order chi connectivity index (χ0) is 21.6. The van der Waals surface area contributed by atoms with E-state index >= 15 is 0 Å². The van der Waals surface area contributed by atoms with E-state index in [0.717, 1.165) is 12.3 Å². The topological polar surface area (TPSA) is 229 Å². The number of hydrogen-bond acceptors (Lipinski definition) is 9. The molecule has 0 saturated heterocycles. The molecule has 166 valence electrons. The van der Waals surface area contributed by atoms with Crippen LogP contribution in [0.4, 0.5) is 5.69 Å². The Bertz CT molecular complexity index is 832. The van der Waals surface area contributed by atoms with Crippen molar-refractivity contribution >= 4 is 39.8 Å². The van der Waals surface area contributed by atoms with E-state index in [-0.39, 0.29) is 28.6 Å². The molecule has 29 heavy (non-hydrogen) atoms. The monoisotopic (exact) mass is 456 g/mol. The summed E-state index contributed by atoms with van der Waals surface area (Å²) in [4.78, 5) is 14.9. The molecule has 0 bridgehead atoms. The molecule has 0 saturated carbocycles. The molecule has 0 radical (unpaired) electrons. The molecule has 1 rings (SSSR count). The maximum atomic E-state index is 12.0. The van der Waals surface area contributed by atoms with Gasteiger partial charge in [0.15, 0.2) is 15.8 Å². The van der Waals surface area contributed by atoms with Gasteiger partial charge in [-0.15, -0.1) is 12.4 Å². The van der Waals surface area contributed by atoms with Crippen LogP contribution in [0.5, 0.6) is 0 Å². The highest BCUT2D eigenvalue weighted by Crippen LogP contribution is 2.23. The number of carbonyl (C=O) groups excluding carboxylic acids is 1. The Kier molecular flexibility index (Phi) is 10.5. The van der Waals surface area contributed by atoms with Gasteiger partial charge in [0.05, 0.1) is 23.3 Å². The highest BCUT2D eigenvalue weighted by Gasteiger charge is 2.30. The van der Waals surface area contributed by atoms with Crippen molar-refractivity contribution in [2.24, 2.45) is 16.5 Å². The van der Waals surface area contributed by atoms with E-state index in [2.05, 4.69) is 10.3 Å². The lowest BCUT2D eigenvalue weighted by Gasteiger charge is -2.26. The summed E-state index contributed by atoms with van der Waals surface area (Å²) in [6, 6.07) is 3.53. The van der Waals surface area contributed by atoms with E-state index in [1.807, 2.05) is 0 Å². The fourth-order valence-corrected chi connectivity index (χ4v) is 3.07. The van der Waals surface area contributed by atoms with Gasteiger partial charge in [0.25, 0.3) is 5.91 Å². The summed E-state index contributed by atoms with van der Waals surface area (Å²) in [7, 11) is -3.81. The molecule has 1 amide bonds. The number of anilines is 1. The molecule has 14 heteroatoms. The third-order valence-corrected chi connectivity index (χ3v) is 4.82. The van der Waals surface area contributed by atoms with Gasteiger partial charge >= 0.3 is 0 Å². The molecule has 0 spiro atoms. The number of nitrogens with zero attached hydrogens (tertiary/aromatic N) is 1. The first kappa shape index (κ1) is 27.0. The number of aliphatic imine (C=N–C) groups is 1. The molecular weight excluding hydrogens is 432 g/mol. The first-order valence-corrected chi connectivity index (χ1v) is 9.82. The Morgan fingerprint density at radius 3 is 2.17 bits per heavy atom. The standard InChI is InChI=1S/C15H24N4O8S.ClH/c1-28(26,27)11-4-7(14(25)19-15(16)17)2-3-8(11)18-5-9(21)12(23)13(24)10(22)6-20;/h2-4,9-10,12-13,18,20-24H,5-6H2,1H3,(H4,16,17,19,25);1H/t9-,10-,12-,13-;/m1./s1. The summed E-state index contributed by atoms with van der Waals surface area (Å²) in [5, 5.41) is 49.9.